The lowest BCUT2D eigenvalue weighted by molar-refractivity contribution is -0.134. The van der Waals surface area contributed by atoms with E-state index in [2.05, 4.69) is 17.1 Å². The SMILES string of the molecule is CCCc1cc(C(=O)N2CCC3(CC2)C(=O)NCCCN3C)cs1. The summed E-state index contributed by atoms with van der Waals surface area (Å²) in [6, 6.07) is 2.03. The Hall–Kier alpha value is -1.40. The molecule has 0 bridgehead atoms. The van der Waals surface area contributed by atoms with Gasteiger partial charge in [0.05, 0.1) is 5.56 Å². The lowest BCUT2D eigenvalue weighted by Gasteiger charge is -2.44. The van der Waals surface area contributed by atoms with Crippen molar-refractivity contribution in [3.8, 4) is 0 Å². The Bertz CT molecular complexity index is 605. The molecule has 0 aliphatic carbocycles. The lowest BCUT2D eigenvalue weighted by Crippen LogP contribution is -2.61. The molecule has 2 aliphatic rings. The number of likely N-dealkylation sites (tertiary alicyclic amines) is 1. The van der Waals surface area contributed by atoms with Crippen LogP contribution < -0.4 is 5.32 Å². The Kier molecular flexibility index (Phi) is 5.25. The molecule has 0 radical (unpaired) electrons. The number of thiophene rings is 1. The molecule has 132 valence electrons. The fraction of sp³-hybridized carbons (Fsp3) is 0.667. The van der Waals surface area contributed by atoms with Crippen LogP contribution in [0.1, 0.15) is 47.8 Å². The van der Waals surface area contributed by atoms with Crippen LogP contribution in [0.15, 0.2) is 11.4 Å². The van der Waals surface area contributed by atoms with Gasteiger partial charge in [-0.05, 0) is 38.8 Å². The maximum Gasteiger partial charge on any atom is 0.254 e. The second kappa shape index (κ2) is 7.23. The summed E-state index contributed by atoms with van der Waals surface area (Å²) in [6.07, 6.45) is 4.55. The van der Waals surface area contributed by atoms with Crippen molar-refractivity contribution in [2.24, 2.45) is 0 Å². The summed E-state index contributed by atoms with van der Waals surface area (Å²) >= 11 is 1.67. The minimum atomic E-state index is -0.435. The van der Waals surface area contributed by atoms with E-state index >= 15 is 0 Å². The van der Waals surface area contributed by atoms with Crippen LogP contribution >= 0.6 is 11.3 Å². The standard InChI is InChI=1S/C18H27N3O2S/c1-3-5-15-12-14(13-24-15)16(22)21-10-6-18(7-11-21)17(23)19-8-4-9-20(18)2/h12-13H,3-11H2,1-2H3,(H,19,23). The Morgan fingerprint density at radius 1 is 1.33 bits per heavy atom. The summed E-state index contributed by atoms with van der Waals surface area (Å²) in [7, 11) is 2.04. The molecule has 6 heteroatoms. The zero-order valence-corrected chi connectivity index (χ0v) is 15.5. The van der Waals surface area contributed by atoms with Gasteiger partial charge in [0.1, 0.15) is 5.54 Å². The predicted molar refractivity (Wildman–Crippen MR) is 96.4 cm³/mol. The summed E-state index contributed by atoms with van der Waals surface area (Å²) in [6.45, 7) is 5.13. The second-order valence-corrected chi connectivity index (χ2v) is 7.90. The van der Waals surface area contributed by atoms with Crippen molar-refractivity contribution < 1.29 is 9.59 Å². The highest BCUT2D eigenvalue weighted by Crippen LogP contribution is 2.31. The number of nitrogens with one attached hydrogen (secondary N) is 1. The number of hydrogen-bond acceptors (Lipinski definition) is 4. The minimum absolute atomic E-state index is 0.111. The van der Waals surface area contributed by atoms with Crippen LogP contribution in [0, 0.1) is 0 Å². The first-order valence-electron chi connectivity index (χ1n) is 8.93. The van der Waals surface area contributed by atoms with E-state index in [4.69, 9.17) is 0 Å². The van der Waals surface area contributed by atoms with E-state index in [1.54, 1.807) is 11.3 Å². The van der Waals surface area contributed by atoms with Crippen LogP contribution in [0.3, 0.4) is 0 Å². The molecule has 3 heterocycles. The Balaban J connectivity index is 1.67. The topological polar surface area (TPSA) is 52.7 Å². The summed E-state index contributed by atoms with van der Waals surface area (Å²) in [5.41, 5.74) is 0.369. The van der Waals surface area contributed by atoms with Gasteiger partial charge >= 0.3 is 0 Å². The van der Waals surface area contributed by atoms with Crippen molar-refractivity contribution in [2.75, 3.05) is 33.2 Å². The van der Waals surface area contributed by atoms with E-state index in [9.17, 15) is 9.59 Å². The number of carbonyl (C=O) groups excluding carboxylic acids is 2. The number of hydrogen-bond donors (Lipinski definition) is 1. The van der Waals surface area contributed by atoms with Gasteiger partial charge in [-0.1, -0.05) is 13.3 Å². The highest BCUT2D eigenvalue weighted by Gasteiger charge is 2.46. The van der Waals surface area contributed by atoms with Crippen molar-refractivity contribution in [3.05, 3.63) is 21.9 Å². The molecule has 3 rings (SSSR count). The van der Waals surface area contributed by atoms with Crippen LogP contribution in [-0.4, -0.2) is 60.4 Å². The molecular weight excluding hydrogens is 322 g/mol. The van der Waals surface area contributed by atoms with Crippen LogP contribution in [0.5, 0.6) is 0 Å². The van der Waals surface area contributed by atoms with Gasteiger partial charge in [-0.25, -0.2) is 0 Å². The van der Waals surface area contributed by atoms with Gasteiger partial charge in [0, 0.05) is 36.4 Å². The number of amides is 2. The largest absolute Gasteiger partial charge is 0.354 e. The van der Waals surface area contributed by atoms with Gasteiger partial charge in [0.15, 0.2) is 0 Å². The van der Waals surface area contributed by atoms with Crippen molar-refractivity contribution >= 4 is 23.2 Å². The number of aryl methyl sites for hydroxylation is 1. The van der Waals surface area contributed by atoms with E-state index in [0.717, 1.165) is 37.9 Å². The van der Waals surface area contributed by atoms with E-state index in [-0.39, 0.29) is 11.8 Å². The van der Waals surface area contributed by atoms with Gasteiger partial charge in [0.2, 0.25) is 5.91 Å². The Labute approximate surface area is 148 Å². The van der Waals surface area contributed by atoms with Crippen LogP contribution in [0.4, 0.5) is 0 Å². The fourth-order valence-corrected chi connectivity index (χ4v) is 4.78. The highest BCUT2D eigenvalue weighted by atomic mass is 32.1. The van der Waals surface area contributed by atoms with Crippen molar-refractivity contribution in [1.29, 1.82) is 0 Å². The first-order chi connectivity index (χ1) is 11.6. The number of rotatable bonds is 3. The molecule has 2 fully saturated rings. The average molecular weight is 350 g/mol. The van der Waals surface area contributed by atoms with E-state index in [1.165, 1.54) is 4.88 Å². The third-order valence-corrected chi connectivity index (χ3v) is 6.38. The maximum atomic E-state index is 12.7. The third-order valence-electron chi connectivity index (χ3n) is 5.38. The average Bonchev–Trinajstić information content (AvgIpc) is 3.01. The minimum Gasteiger partial charge on any atom is -0.354 e. The fourth-order valence-electron chi connectivity index (χ4n) is 3.81. The highest BCUT2D eigenvalue weighted by molar-refractivity contribution is 7.10. The summed E-state index contributed by atoms with van der Waals surface area (Å²) in [4.78, 5) is 30.7. The van der Waals surface area contributed by atoms with Gasteiger partial charge in [-0.15, -0.1) is 11.3 Å². The van der Waals surface area contributed by atoms with Crippen molar-refractivity contribution in [2.45, 2.75) is 44.6 Å². The molecule has 0 aromatic carbocycles. The molecule has 0 saturated carbocycles. The maximum absolute atomic E-state index is 12.7. The van der Waals surface area contributed by atoms with E-state index in [0.29, 0.717) is 25.9 Å². The summed E-state index contributed by atoms with van der Waals surface area (Å²) in [5, 5.41) is 5.02. The molecule has 5 nitrogen and oxygen atoms in total. The first kappa shape index (κ1) is 17.4. The molecule has 2 saturated heterocycles. The molecule has 2 amide bonds. The van der Waals surface area contributed by atoms with Gasteiger partial charge < -0.3 is 10.2 Å². The predicted octanol–water partition coefficient (Wildman–Crippen LogP) is 2.13. The van der Waals surface area contributed by atoms with E-state index in [1.807, 2.05) is 23.4 Å². The lowest BCUT2D eigenvalue weighted by atomic mass is 9.85. The first-order valence-corrected chi connectivity index (χ1v) is 9.81. The van der Waals surface area contributed by atoms with Crippen molar-refractivity contribution in [1.82, 2.24) is 15.1 Å². The summed E-state index contributed by atoms with van der Waals surface area (Å²) < 4.78 is 0. The number of carbonyl (C=O) groups is 2. The zero-order valence-electron chi connectivity index (χ0n) is 14.6. The van der Waals surface area contributed by atoms with Crippen LogP contribution in [-0.2, 0) is 11.2 Å². The second-order valence-electron chi connectivity index (χ2n) is 6.91. The smallest absolute Gasteiger partial charge is 0.254 e. The molecule has 1 spiro atoms. The molecule has 24 heavy (non-hydrogen) atoms. The van der Waals surface area contributed by atoms with Gasteiger partial charge in [-0.2, -0.15) is 0 Å². The molecular formula is C18H27N3O2S. The third kappa shape index (κ3) is 3.22. The number of likely N-dealkylation sites (N-methyl/N-ethyl adjacent to an activating group) is 1. The monoisotopic (exact) mass is 349 g/mol. The normalized spacial score (nSPS) is 21.6. The molecule has 0 atom stereocenters. The molecule has 0 unspecified atom stereocenters. The molecule has 1 aromatic rings. The molecule has 1 aromatic heterocycles. The molecule has 1 N–H and O–H groups in total. The Morgan fingerprint density at radius 2 is 2.08 bits per heavy atom. The van der Waals surface area contributed by atoms with Crippen LogP contribution in [0.2, 0.25) is 0 Å². The van der Waals surface area contributed by atoms with Crippen molar-refractivity contribution in [3.63, 3.8) is 0 Å². The van der Waals surface area contributed by atoms with Gasteiger partial charge in [0.25, 0.3) is 5.91 Å². The summed E-state index contributed by atoms with van der Waals surface area (Å²) in [5.74, 6) is 0.246. The number of piperidine rings is 1. The quantitative estimate of drug-likeness (QED) is 0.909. The molecule has 2 aliphatic heterocycles. The van der Waals surface area contributed by atoms with Gasteiger partial charge in [-0.3, -0.25) is 14.5 Å². The van der Waals surface area contributed by atoms with E-state index < -0.39 is 5.54 Å². The zero-order chi connectivity index (χ0) is 17.2. The Morgan fingerprint density at radius 3 is 2.79 bits per heavy atom. The number of nitrogens with zero attached hydrogens (tertiary/aromatic N) is 2. The van der Waals surface area contributed by atoms with Crippen LogP contribution in [0.25, 0.3) is 0 Å².